The van der Waals surface area contributed by atoms with E-state index in [4.69, 9.17) is 9.68 Å². The second kappa shape index (κ2) is 4.31. The molecule has 0 aliphatic heterocycles. The Balaban J connectivity index is 2.83. The predicted octanol–water partition coefficient (Wildman–Crippen LogP) is 1.31. The van der Waals surface area contributed by atoms with Crippen molar-refractivity contribution >= 4 is 19.4 Å². The normalized spacial score (nSPS) is 9.27. The number of para-hydroxylation sites is 1. The molecule has 2 nitrogen and oxygen atoms in total. The Hall–Kier alpha value is -0.605. The first-order chi connectivity index (χ1) is 5.38. The van der Waals surface area contributed by atoms with E-state index < -0.39 is 0 Å². The minimum absolute atomic E-state index is 0.683. The molecule has 0 saturated heterocycles. The zero-order valence-electron chi connectivity index (χ0n) is 6.15. The number of benzene rings is 1. The van der Waals surface area contributed by atoms with Crippen LogP contribution in [0.4, 0.5) is 0 Å². The Morgan fingerprint density at radius 2 is 2.18 bits per heavy atom. The van der Waals surface area contributed by atoms with Gasteiger partial charge < -0.3 is 9.68 Å². The summed E-state index contributed by atoms with van der Waals surface area (Å²) in [7, 11) is 0.690. The Morgan fingerprint density at radius 1 is 1.45 bits per heavy atom. The van der Waals surface area contributed by atoms with Crippen molar-refractivity contribution in [2.24, 2.45) is 0 Å². The van der Waals surface area contributed by atoms with Crippen molar-refractivity contribution in [3.05, 3.63) is 24.3 Å². The second-order valence-electron chi connectivity index (χ2n) is 1.87. The molecule has 4 heteroatoms. The molecular weight excluding hydrogens is 159 g/mol. The van der Waals surface area contributed by atoms with E-state index in [-0.39, 0.29) is 0 Å². The van der Waals surface area contributed by atoms with Crippen LogP contribution in [0, 0.1) is 0 Å². The standard InChI is InChI=1S/C7H8BO2S/c1-11-7-5-3-2-4-6(7)10-8-9/h2-5,9H,1H3. The van der Waals surface area contributed by atoms with Gasteiger partial charge in [0.05, 0.1) is 0 Å². The number of rotatable bonds is 3. The largest absolute Gasteiger partial charge is 0.569 e. The molecule has 1 rings (SSSR count). The van der Waals surface area contributed by atoms with E-state index in [1.54, 1.807) is 17.8 Å². The van der Waals surface area contributed by atoms with Gasteiger partial charge >= 0.3 is 7.69 Å². The molecule has 0 heterocycles. The lowest BCUT2D eigenvalue weighted by molar-refractivity contribution is 0.447. The van der Waals surface area contributed by atoms with Gasteiger partial charge in [-0.2, -0.15) is 0 Å². The lowest BCUT2D eigenvalue weighted by atomic mass is 10.3. The second-order valence-corrected chi connectivity index (χ2v) is 2.72. The molecule has 57 valence electrons. The molecule has 0 amide bonds. The van der Waals surface area contributed by atoms with E-state index in [1.165, 1.54) is 0 Å². The van der Waals surface area contributed by atoms with Crippen LogP contribution >= 0.6 is 11.8 Å². The summed E-state index contributed by atoms with van der Waals surface area (Å²) in [6, 6.07) is 7.52. The maximum Gasteiger partial charge on any atom is 0.569 e. The first-order valence-corrected chi connectivity index (χ1v) is 4.36. The van der Waals surface area contributed by atoms with E-state index >= 15 is 0 Å². The van der Waals surface area contributed by atoms with Crippen molar-refractivity contribution in [3.63, 3.8) is 0 Å². The SMILES string of the molecule is CSc1ccccc1O[B]O. The third-order valence-electron chi connectivity index (χ3n) is 1.25. The summed E-state index contributed by atoms with van der Waals surface area (Å²) < 4.78 is 4.84. The van der Waals surface area contributed by atoms with Crippen LogP contribution in [0.25, 0.3) is 0 Å². The van der Waals surface area contributed by atoms with Gasteiger partial charge in [0.15, 0.2) is 0 Å². The van der Waals surface area contributed by atoms with Crippen LogP contribution in [0.1, 0.15) is 0 Å². The smallest absolute Gasteiger partial charge is 0.537 e. The summed E-state index contributed by atoms with van der Waals surface area (Å²) in [5.74, 6) is 0.683. The molecule has 1 aromatic carbocycles. The lowest BCUT2D eigenvalue weighted by Crippen LogP contribution is -2.00. The highest BCUT2D eigenvalue weighted by Gasteiger charge is 1.99. The zero-order chi connectivity index (χ0) is 8.10. The summed E-state index contributed by atoms with van der Waals surface area (Å²) in [4.78, 5) is 1.01. The van der Waals surface area contributed by atoms with E-state index in [1.807, 2.05) is 24.5 Å². The molecule has 1 N–H and O–H groups in total. The number of hydrogen-bond acceptors (Lipinski definition) is 3. The quantitative estimate of drug-likeness (QED) is 0.543. The maximum atomic E-state index is 8.38. The van der Waals surface area contributed by atoms with E-state index in [0.717, 1.165) is 4.90 Å². The average Bonchev–Trinajstić information content (AvgIpc) is 2.06. The summed E-state index contributed by atoms with van der Waals surface area (Å²) in [6.07, 6.45) is 1.96. The van der Waals surface area contributed by atoms with Crippen LogP contribution in [-0.2, 0) is 0 Å². The Morgan fingerprint density at radius 3 is 2.82 bits per heavy atom. The van der Waals surface area contributed by atoms with E-state index in [2.05, 4.69) is 0 Å². The molecule has 0 aliphatic carbocycles. The van der Waals surface area contributed by atoms with Gasteiger partial charge in [0.25, 0.3) is 0 Å². The highest BCUT2D eigenvalue weighted by molar-refractivity contribution is 7.98. The zero-order valence-corrected chi connectivity index (χ0v) is 6.97. The van der Waals surface area contributed by atoms with Crippen molar-refractivity contribution < 1.29 is 9.68 Å². The van der Waals surface area contributed by atoms with Crippen molar-refractivity contribution in [1.29, 1.82) is 0 Å². The van der Waals surface area contributed by atoms with Crippen molar-refractivity contribution in [3.8, 4) is 5.75 Å². The van der Waals surface area contributed by atoms with Crippen LogP contribution in [0.15, 0.2) is 29.2 Å². The van der Waals surface area contributed by atoms with Gasteiger partial charge in [-0.1, -0.05) is 12.1 Å². The highest BCUT2D eigenvalue weighted by atomic mass is 32.2. The topological polar surface area (TPSA) is 29.5 Å². The van der Waals surface area contributed by atoms with Crippen molar-refractivity contribution in [2.45, 2.75) is 4.90 Å². The van der Waals surface area contributed by atoms with Gasteiger partial charge in [0, 0.05) is 4.90 Å². The van der Waals surface area contributed by atoms with Crippen LogP contribution in [0.2, 0.25) is 0 Å². The van der Waals surface area contributed by atoms with Gasteiger partial charge in [-0.25, -0.2) is 0 Å². The average molecular weight is 167 g/mol. The van der Waals surface area contributed by atoms with Crippen LogP contribution in [0.3, 0.4) is 0 Å². The number of hydrogen-bond donors (Lipinski definition) is 1. The first-order valence-electron chi connectivity index (χ1n) is 3.14. The third-order valence-corrected chi connectivity index (χ3v) is 2.03. The molecule has 0 bridgehead atoms. The summed E-state index contributed by atoms with van der Waals surface area (Å²) in [5, 5.41) is 8.38. The molecule has 0 unspecified atom stereocenters. The Labute approximate surface area is 70.9 Å². The molecule has 0 spiro atoms. The maximum absolute atomic E-state index is 8.38. The fourth-order valence-electron chi connectivity index (χ4n) is 0.773. The lowest BCUT2D eigenvalue weighted by Gasteiger charge is -2.05. The van der Waals surface area contributed by atoms with Gasteiger partial charge in [-0.05, 0) is 18.4 Å². The molecule has 0 saturated carbocycles. The Bertz CT molecular complexity index is 229. The molecular formula is C7H8BO2S. The minimum Gasteiger partial charge on any atom is -0.537 e. The third kappa shape index (κ3) is 2.17. The van der Waals surface area contributed by atoms with Crippen LogP contribution in [0.5, 0.6) is 5.75 Å². The van der Waals surface area contributed by atoms with Crippen LogP contribution in [-0.4, -0.2) is 19.0 Å². The van der Waals surface area contributed by atoms with Gasteiger partial charge in [0.1, 0.15) is 5.75 Å². The van der Waals surface area contributed by atoms with Gasteiger partial charge in [-0.3, -0.25) is 0 Å². The molecule has 1 radical (unpaired) electrons. The summed E-state index contributed by atoms with van der Waals surface area (Å²) in [6.45, 7) is 0. The molecule has 0 aromatic heterocycles. The molecule has 1 aromatic rings. The fourth-order valence-corrected chi connectivity index (χ4v) is 1.30. The van der Waals surface area contributed by atoms with Crippen molar-refractivity contribution in [2.75, 3.05) is 6.26 Å². The van der Waals surface area contributed by atoms with E-state index in [9.17, 15) is 0 Å². The molecule has 11 heavy (non-hydrogen) atoms. The first kappa shape index (κ1) is 8.49. The molecule has 0 atom stereocenters. The summed E-state index contributed by atoms with van der Waals surface area (Å²) in [5.41, 5.74) is 0. The van der Waals surface area contributed by atoms with Gasteiger partial charge in [-0.15, -0.1) is 11.8 Å². The monoisotopic (exact) mass is 167 g/mol. The molecule has 0 aliphatic rings. The summed E-state index contributed by atoms with van der Waals surface area (Å²) >= 11 is 1.58. The van der Waals surface area contributed by atoms with Crippen LogP contribution < -0.4 is 4.65 Å². The predicted molar refractivity (Wildman–Crippen MR) is 46.8 cm³/mol. The Kier molecular flexibility index (Phi) is 3.33. The fraction of sp³-hybridized carbons (Fsp3) is 0.143. The van der Waals surface area contributed by atoms with Gasteiger partial charge in [0.2, 0.25) is 0 Å². The van der Waals surface area contributed by atoms with Crippen molar-refractivity contribution in [1.82, 2.24) is 0 Å². The highest BCUT2D eigenvalue weighted by Crippen LogP contribution is 2.26. The minimum atomic E-state index is 0.683. The molecule has 0 fully saturated rings. The number of thioether (sulfide) groups is 1. The van der Waals surface area contributed by atoms with E-state index in [0.29, 0.717) is 13.4 Å².